The first-order valence-electron chi connectivity index (χ1n) is 6.38. The first kappa shape index (κ1) is 12.7. The molecule has 1 unspecified atom stereocenters. The summed E-state index contributed by atoms with van der Waals surface area (Å²) in [6.45, 7) is 4.51. The molecule has 1 fully saturated rings. The van der Waals surface area contributed by atoms with E-state index in [1.807, 2.05) is 18.2 Å². The third-order valence-corrected chi connectivity index (χ3v) is 3.93. The maximum atomic E-state index is 9.07. The predicted octanol–water partition coefficient (Wildman–Crippen LogP) is 3.46. The van der Waals surface area contributed by atoms with Crippen LogP contribution in [-0.2, 0) is 6.61 Å². The minimum atomic E-state index is 0.0532. The van der Waals surface area contributed by atoms with Gasteiger partial charge in [-0.2, -0.15) is 0 Å². The summed E-state index contributed by atoms with van der Waals surface area (Å²) < 4.78 is 0. The van der Waals surface area contributed by atoms with Crippen molar-refractivity contribution in [2.75, 3.05) is 18.0 Å². The average molecular weight is 254 g/mol. The van der Waals surface area contributed by atoms with E-state index in [2.05, 4.69) is 11.8 Å². The molecule has 1 saturated heterocycles. The summed E-state index contributed by atoms with van der Waals surface area (Å²) >= 11 is 6.28. The maximum Gasteiger partial charge on any atom is 0.0682 e. The first-order valence-corrected chi connectivity index (χ1v) is 6.76. The summed E-state index contributed by atoms with van der Waals surface area (Å²) in [6.07, 6.45) is 3.82. The standard InChI is InChI=1S/C14H20ClNO/c1-2-11-4-3-7-16(9-11)14-6-5-12(10-17)8-13(14)15/h5-6,8,11,17H,2-4,7,9-10H2,1H3. The molecule has 0 amide bonds. The molecule has 1 aromatic carbocycles. The molecule has 1 aromatic rings. The molecule has 1 atom stereocenters. The second kappa shape index (κ2) is 5.74. The highest BCUT2D eigenvalue weighted by atomic mass is 35.5. The van der Waals surface area contributed by atoms with Crippen LogP contribution in [0, 0.1) is 5.92 Å². The largest absolute Gasteiger partial charge is 0.392 e. The number of aliphatic hydroxyl groups excluding tert-OH is 1. The number of hydrogen-bond acceptors (Lipinski definition) is 2. The van der Waals surface area contributed by atoms with Crippen LogP contribution in [0.25, 0.3) is 0 Å². The van der Waals surface area contributed by atoms with E-state index < -0.39 is 0 Å². The fourth-order valence-corrected chi connectivity index (χ4v) is 2.84. The average Bonchev–Trinajstić information content (AvgIpc) is 2.38. The van der Waals surface area contributed by atoms with Gasteiger partial charge < -0.3 is 10.0 Å². The number of aliphatic hydroxyl groups is 1. The van der Waals surface area contributed by atoms with Gasteiger partial charge in [-0.25, -0.2) is 0 Å². The molecule has 0 spiro atoms. The first-order chi connectivity index (χ1) is 8.24. The molecule has 0 bridgehead atoms. The lowest BCUT2D eigenvalue weighted by atomic mass is 9.95. The lowest BCUT2D eigenvalue weighted by Gasteiger charge is -2.34. The third-order valence-electron chi connectivity index (χ3n) is 3.63. The lowest BCUT2D eigenvalue weighted by Crippen LogP contribution is -2.35. The van der Waals surface area contributed by atoms with Crippen molar-refractivity contribution < 1.29 is 5.11 Å². The smallest absolute Gasteiger partial charge is 0.0682 e. The van der Waals surface area contributed by atoms with Crippen molar-refractivity contribution in [3.63, 3.8) is 0 Å². The Balaban J connectivity index is 2.16. The number of piperidine rings is 1. The van der Waals surface area contributed by atoms with Gasteiger partial charge in [0, 0.05) is 13.1 Å². The minimum absolute atomic E-state index is 0.0532. The van der Waals surface area contributed by atoms with Gasteiger partial charge in [-0.05, 0) is 36.5 Å². The van der Waals surface area contributed by atoms with E-state index in [1.165, 1.54) is 19.3 Å². The van der Waals surface area contributed by atoms with Gasteiger partial charge in [0.2, 0.25) is 0 Å². The molecule has 0 saturated carbocycles. The van der Waals surface area contributed by atoms with Gasteiger partial charge in [0.25, 0.3) is 0 Å². The molecule has 1 aliphatic rings. The van der Waals surface area contributed by atoms with E-state index >= 15 is 0 Å². The van der Waals surface area contributed by atoms with Crippen LogP contribution in [0.2, 0.25) is 5.02 Å². The number of rotatable bonds is 3. The van der Waals surface area contributed by atoms with Gasteiger partial charge in [0.1, 0.15) is 0 Å². The van der Waals surface area contributed by atoms with Gasteiger partial charge in [-0.15, -0.1) is 0 Å². The van der Waals surface area contributed by atoms with Crippen LogP contribution in [0.1, 0.15) is 31.7 Å². The second-order valence-corrected chi connectivity index (χ2v) is 5.21. The second-order valence-electron chi connectivity index (χ2n) is 4.81. The Labute approximate surface area is 108 Å². The highest BCUT2D eigenvalue weighted by Gasteiger charge is 2.20. The zero-order chi connectivity index (χ0) is 12.3. The maximum absolute atomic E-state index is 9.07. The molecule has 1 aliphatic heterocycles. The number of nitrogens with zero attached hydrogens (tertiary/aromatic N) is 1. The Kier molecular flexibility index (Phi) is 4.30. The Bertz CT molecular complexity index is 380. The summed E-state index contributed by atoms with van der Waals surface area (Å²) in [5.41, 5.74) is 1.99. The third kappa shape index (κ3) is 2.93. The number of hydrogen-bond donors (Lipinski definition) is 1. The molecule has 1 heterocycles. The van der Waals surface area contributed by atoms with E-state index in [1.54, 1.807) is 0 Å². The molecule has 2 rings (SSSR count). The fraction of sp³-hybridized carbons (Fsp3) is 0.571. The summed E-state index contributed by atoms with van der Waals surface area (Å²) in [5, 5.41) is 9.83. The van der Waals surface area contributed by atoms with Crippen molar-refractivity contribution in [1.82, 2.24) is 0 Å². The molecule has 2 nitrogen and oxygen atoms in total. The molecular formula is C14H20ClNO. The quantitative estimate of drug-likeness (QED) is 0.892. The predicted molar refractivity (Wildman–Crippen MR) is 72.6 cm³/mol. The van der Waals surface area contributed by atoms with E-state index in [0.29, 0.717) is 0 Å². The van der Waals surface area contributed by atoms with Crippen LogP contribution in [0.3, 0.4) is 0 Å². The molecule has 17 heavy (non-hydrogen) atoms. The Morgan fingerprint density at radius 2 is 2.29 bits per heavy atom. The summed E-state index contributed by atoms with van der Waals surface area (Å²) in [4.78, 5) is 2.38. The van der Waals surface area contributed by atoms with Crippen molar-refractivity contribution in [2.24, 2.45) is 5.92 Å². The van der Waals surface area contributed by atoms with Gasteiger partial charge >= 0.3 is 0 Å². The van der Waals surface area contributed by atoms with Crippen LogP contribution < -0.4 is 4.90 Å². The van der Waals surface area contributed by atoms with Gasteiger partial charge in [-0.3, -0.25) is 0 Å². The van der Waals surface area contributed by atoms with Crippen LogP contribution in [-0.4, -0.2) is 18.2 Å². The normalized spacial score (nSPS) is 20.6. The Morgan fingerprint density at radius 1 is 1.47 bits per heavy atom. The van der Waals surface area contributed by atoms with Crippen molar-refractivity contribution in [1.29, 1.82) is 0 Å². The van der Waals surface area contributed by atoms with Crippen molar-refractivity contribution in [3.8, 4) is 0 Å². The van der Waals surface area contributed by atoms with Crippen molar-refractivity contribution >= 4 is 17.3 Å². The van der Waals surface area contributed by atoms with Crippen LogP contribution >= 0.6 is 11.6 Å². The summed E-state index contributed by atoms with van der Waals surface area (Å²) in [7, 11) is 0. The molecular weight excluding hydrogens is 234 g/mol. The highest BCUT2D eigenvalue weighted by molar-refractivity contribution is 6.33. The van der Waals surface area contributed by atoms with Gasteiger partial charge in [0.05, 0.1) is 17.3 Å². The molecule has 1 N–H and O–H groups in total. The molecule has 0 aromatic heterocycles. The van der Waals surface area contributed by atoms with Gasteiger partial charge in [0.15, 0.2) is 0 Å². The molecule has 0 aliphatic carbocycles. The molecule has 3 heteroatoms. The van der Waals surface area contributed by atoms with E-state index in [9.17, 15) is 0 Å². The Hall–Kier alpha value is -0.730. The lowest BCUT2D eigenvalue weighted by molar-refractivity contribution is 0.282. The zero-order valence-corrected chi connectivity index (χ0v) is 11.1. The van der Waals surface area contributed by atoms with Crippen LogP contribution in [0.15, 0.2) is 18.2 Å². The minimum Gasteiger partial charge on any atom is -0.392 e. The highest BCUT2D eigenvalue weighted by Crippen LogP contribution is 2.31. The Morgan fingerprint density at radius 3 is 2.94 bits per heavy atom. The van der Waals surface area contributed by atoms with Crippen LogP contribution in [0.4, 0.5) is 5.69 Å². The number of halogens is 1. The number of benzene rings is 1. The molecule has 0 radical (unpaired) electrons. The van der Waals surface area contributed by atoms with Crippen LogP contribution in [0.5, 0.6) is 0 Å². The van der Waals surface area contributed by atoms with E-state index in [4.69, 9.17) is 16.7 Å². The zero-order valence-electron chi connectivity index (χ0n) is 10.3. The van der Waals surface area contributed by atoms with Gasteiger partial charge in [-0.1, -0.05) is 31.0 Å². The van der Waals surface area contributed by atoms with E-state index in [0.717, 1.165) is 35.3 Å². The van der Waals surface area contributed by atoms with Crippen molar-refractivity contribution in [3.05, 3.63) is 28.8 Å². The number of anilines is 1. The fourth-order valence-electron chi connectivity index (χ4n) is 2.52. The van der Waals surface area contributed by atoms with E-state index in [-0.39, 0.29) is 6.61 Å². The topological polar surface area (TPSA) is 23.5 Å². The summed E-state index contributed by atoms with van der Waals surface area (Å²) in [5.74, 6) is 0.789. The summed E-state index contributed by atoms with van der Waals surface area (Å²) in [6, 6.07) is 5.86. The monoisotopic (exact) mass is 253 g/mol. The molecule has 94 valence electrons. The van der Waals surface area contributed by atoms with Crippen molar-refractivity contribution in [2.45, 2.75) is 32.8 Å². The SMILES string of the molecule is CCC1CCCN(c2ccc(CO)cc2Cl)C1.